The number of hydrogen-bond donors (Lipinski definition) is 1. The van der Waals surface area contributed by atoms with Gasteiger partial charge < -0.3 is 10.6 Å². The Labute approximate surface area is 125 Å². The molecule has 1 aromatic carbocycles. The molecule has 3 rings (SSSR count). The Kier molecular flexibility index (Phi) is 3.99. The van der Waals surface area contributed by atoms with Crippen molar-refractivity contribution in [1.29, 1.82) is 0 Å². The normalized spacial score (nSPS) is 27.4. The van der Waals surface area contributed by atoms with Crippen molar-refractivity contribution in [3.8, 4) is 0 Å². The maximum absolute atomic E-state index is 11.8. The van der Waals surface area contributed by atoms with Crippen molar-refractivity contribution in [1.82, 2.24) is 4.90 Å². The summed E-state index contributed by atoms with van der Waals surface area (Å²) >= 11 is 5.90. The fourth-order valence-electron chi connectivity index (χ4n) is 3.32. The smallest absolute Gasteiger partial charge is 0.226 e. The van der Waals surface area contributed by atoms with Crippen LogP contribution in [-0.2, 0) is 4.79 Å². The van der Waals surface area contributed by atoms with Gasteiger partial charge in [-0.05, 0) is 61.9 Å². The molecule has 2 fully saturated rings. The zero-order valence-corrected chi connectivity index (χ0v) is 12.4. The van der Waals surface area contributed by atoms with Gasteiger partial charge in [0.2, 0.25) is 5.91 Å². The first kappa shape index (κ1) is 13.9. The Morgan fingerprint density at radius 1 is 1.25 bits per heavy atom. The van der Waals surface area contributed by atoms with Crippen LogP contribution in [0.3, 0.4) is 0 Å². The van der Waals surface area contributed by atoms with Crippen LogP contribution in [-0.4, -0.2) is 30.4 Å². The highest BCUT2D eigenvalue weighted by molar-refractivity contribution is 6.30. The summed E-state index contributed by atoms with van der Waals surface area (Å²) in [6.45, 7) is 2.92. The molecule has 4 heteroatoms. The number of nitrogens with zero attached hydrogens (tertiary/aromatic N) is 1. The van der Waals surface area contributed by atoms with Crippen LogP contribution in [0, 0.1) is 11.8 Å². The van der Waals surface area contributed by atoms with Gasteiger partial charge >= 0.3 is 0 Å². The van der Waals surface area contributed by atoms with E-state index in [1.54, 1.807) is 0 Å². The summed E-state index contributed by atoms with van der Waals surface area (Å²) in [7, 11) is 0. The van der Waals surface area contributed by atoms with Crippen LogP contribution in [0.1, 0.15) is 30.7 Å². The number of benzene rings is 1. The summed E-state index contributed by atoms with van der Waals surface area (Å²) in [6.07, 6.45) is 3.97. The fourth-order valence-corrected chi connectivity index (χ4v) is 3.45. The maximum atomic E-state index is 11.8. The van der Waals surface area contributed by atoms with Crippen molar-refractivity contribution in [2.45, 2.75) is 25.2 Å². The summed E-state index contributed by atoms with van der Waals surface area (Å²) < 4.78 is 0. The van der Waals surface area contributed by atoms with E-state index in [0.29, 0.717) is 5.02 Å². The van der Waals surface area contributed by atoms with Crippen molar-refractivity contribution in [2.24, 2.45) is 17.6 Å². The fraction of sp³-hybridized carbons (Fsp3) is 0.562. The lowest BCUT2D eigenvalue weighted by molar-refractivity contribution is -0.119. The van der Waals surface area contributed by atoms with E-state index in [1.165, 1.54) is 19.3 Å². The van der Waals surface area contributed by atoms with Crippen molar-refractivity contribution in [2.75, 3.05) is 19.6 Å². The summed E-state index contributed by atoms with van der Waals surface area (Å²) in [5.41, 5.74) is 6.57. The molecule has 1 saturated heterocycles. The van der Waals surface area contributed by atoms with Crippen LogP contribution in [0.2, 0.25) is 5.02 Å². The third-order valence-corrected chi connectivity index (χ3v) is 5.01. The van der Waals surface area contributed by atoms with Gasteiger partial charge in [-0.1, -0.05) is 23.7 Å². The highest BCUT2D eigenvalue weighted by Crippen LogP contribution is 2.45. The van der Waals surface area contributed by atoms with Gasteiger partial charge in [-0.2, -0.15) is 0 Å². The van der Waals surface area contributed by atoms with E-state index in [1.807, 2.05) is 24.3 Å². The molecule has 1 unspecified atom stereocenters. The first-order valence-corrected chi connectivity index (χ1v) is 7.78. The predicted octanol–water partition coefficient (Wildman–Crippen LogP) is 2.64. The Balaban J connectivity index is 1.67. The van der Waals surface area contributed by atoms with Gasteiger partial charge in [-0.3, -0.25) is 4.79 Å². The number of hydrogen-bond acceptors (Lipinski definition) is 2. The number of amides is 1. The van der Waals surface area contributed by atoms with Crippen molar-refractivity contribution in [3.63, 3.8) is 0 Å². The SMILES string of the molecule is NC(=O)[C@@H](CN1CCC2C[C@@H]2CC1)c1ccc(Cl)cc1. The second kappa shape index (κ2) is 5.74. The summed E-state index contributed by atoms with van der Waals surface area (Å²) in [5.74, 6) is 1.41. The van der Waals surface area contributed by atoms with Crippen molar-refractivity contribution in [3.05, 3.63) is 34.9 Å². The summed E-state index contributed by atoms with van der Waals surface area (Å²) in [4.78, 5) is 14.2. The van der Waals surface area contributed by atoms with E-state index >= 15 is 0 Å². The van der Waals surface area contributed by atoms with Crippen LogP contribution in [0.4, 0.5) is 0 Å². The number of primary amides is 1. The van der Waals surface area contributed by atoms with E-state index in [2.05, 4.69) is 4.90 Å². The Bertz CT molecular complexity index is 476. The largest absolute Gasteiger partial charge is 0.369 e. The van der Waals surface area contributed by atoms with E-state index in [-0.39, 0.29) is 11.8 Å². The molecule has 0 bridgehead atoms. The van der Waals surface area contributed by atoms with Gasteiger partial charge in [0.1, 0.15) is 0 Å². The van der Waals surface area contributed by atoms with Crippen molar-refractivity contribution < 1.29 is 4.79 Å². The Morgan fingerprint density at radius 3 is 2.40 bits per heavy atom. The summed E-state index contributed by atoms with van der Waals surface area (Å²) in [6, 6.07) is 7.47. The second-order valence-electron chi connectivity index (χ2n) is 6.14. The molecule has 2 aliphatic rings. The maximum Gasteiger partial charge on any atom is 0.226 e. The molecule has 1 aliphatic carbocycles. The van der Waals surface area contributed by atoms with E-state index < -0.39 is 0 Å². The van der Waals surface area contributed by atoms with Crippen LogP contribution < -0.4 is 5.73 Å². The highest BCUT2D eigenvalue weighted by atomic mass is 35.5. The summed E-state index contributed by atoms with van der Waals surface area (Å²) in [5, 5.41) is 0.687. The van der Waals surface area contributed by atoms with Crippen LogP contribution in [0.5, 0.6) is 0 Å². The first-order valence-electron chi connectivity index (χ1n) is 7.40. The van der Waals surface area contributed by atoms with E-state index in [0.717, 1.165) is 37.0 Å². The van der Waals surface area contributed by atoms with Gasteiger partial charge in [0.25, 0.3) is 0 Å². The number of nitrogens with two attached hydrogens (primary N) is 1. The molecule has 108 valence electrons. The van der Waals surface area contributed by atoms with Crippen LogP contribution >= 0.6 is 11.6 Å². The van der Waals surface area contributed by atoms with Gasteiger partial charge in [0.15, 0.2) is 0 Å². The number of fused-ring (bicyclic) bond motifs is 1. The van der Waals surface area contributed by atoms with Crippen LogP contribution in [0.15, 0.2) is 24.3 Å². The molecule has 20 heavy (non-hydrogen) atoms. The lowest BCUT2D eigenvalue weighted by atomic mass is 9.97. The molecule has 1 aromatic rings. The molecular weight excluding hydrogens is 272 g/mol. The average molecular weight is 293 g/mol. The third-order valence-electron chi connectivity index (χ3n) is 4.76. The molecule has 1 amide bonds. The van der Waals surface area contributed by atoms with Gasteiger partial charge in [0.05, 0.1) is 5.92 Å². The van der Waals surface area contributed by atoms with Gasteiger partial charge in [-0.15, -0.1) is 0 Å². The van der Waals surface area contributed by atoms with E-state index in [4.69, 9.17) is 17.3 Å². The number of halogens is 1. The van der Waals surface area contributed by atoms with E-state index in [9.17, 15) is 4.79 Å². The van der Waals surface area contributed by atoms with Crippen molar-refractivity contribution >= 4 is 17.5 Å². The third kappa shape index (κ3) is 3.15. The quantitative estimate of drug-likeness (QED) is 0.927. The van der Waals surface area contributed by atoms with Crippen LogP contribution in [0.25, 0.3) is 0 Å². The molecule has 1 saturated carbocycles. The molecule has 3 atom stereocenters. The monoisotopic (exact) mass is 292 g/mol. The molecule has 1 heterocycles. The lowest BCUT2D eigenvalue weighted by Crippen LogP contribution is -2.35. The Hall–Kier alpha value is -1.06. The number of rotatable bonds is 4. The molecule has 0 aromatic heterocycles. The zero-order valence-electron chi connectivity index (χ0n) is 11.6. The minimum Gasteiger partial charge on any atom is -0.369 e. The molecule has 1 aliphatic heterocycles. The Morgan fingerprint density at radius 2 is 1.85 bits per heavy atom. The first-order chi connectivity index (χ1) is 9.63. The molecular formula is C16H21ClN2O. The highest BCUT2D eigenvalue weighted by Gasteiger charge is 2.39. The molecule has 0 spiro atoms. The number of carbonyl (C=O) groups is 1. The molecule has 2 N–H and O–H groups in total. The predicted molar refractivity (Wildman–Crippen MR) is 80.7 cm³/mol. The zero-order chi connectivity index (χ0) is 14.1. The lowest BCUT2D eigenvalue weighted by Gasteiger charge is -2.25. The van der Waals surface area contributed by atoms with Gasteiger partial charge in [-0.25, -0.2) is 0 Å². The average Bonchev–Trinajstić information content (AvgIpc) is 3.17. The topological polar surface area (TPSA) is 46.3 Å². The minimum atomic E-state index is -0.248. The molecule has 3 nitrogen and oxygen atoms in total. The van der Waals surface area contributed by atoms with Gasteiger partial charge in [0, 0.05) is 11.6 Å². The minimum absolute atomic E-state index is 0.235. The molecule has 0 radical (unpaired) electrons. The number of carbonyl (C=O) groups excluding carboxylic acids is 1. The second-order valence-corrected chi connectivity index (χ2v) is 6.58. The standard InChI is InChI=1S/C16H21ClN2O/c17-14-3-1-11(2-4-14)15(16(18)20)10-19-7-5-12-9-13(12)6-8-19/h1-4,12-13,15H,5-10H2,(H2,18,20)/t12-,13?,15-/m0/s1. The number of likely N-dealkylation sites (tertiary alicyclic amines) is 1.